The van der Waals surface area contributed by atoms with Crippen LogP contribution in [0.15, 0.2) is 0 Å². The number of quaternary nitrogens is 1. The lowest BCUT2D eigenvalue weighted by molar-refractivity contribution is -0.925. The van der Waals surface area contributed by atoms with Crippen LogP contribution < -0.4 is 10.6 Å². The molecule has 0 spiro atoms. The monoisotopic (exact) mass is 473 g/mol. The Hall–Kier alpha value is -0.200. The van der Waals surface area contributed by atoms with Crippen LogP contribution in [0, 0.1) is 0 Å². The molecule has 5 nitrogen and oxygen atoms in total. The van der Waals surface area contributed by atoms with Crippen molar-refractivity contribution in [3.8, 4) is 0 Å². The predicted octanol–water partition coefficient (Wildman–Crippen LogP) is 6.10. The summed E-state index contributed by atoms with van der Waals surface area (Å²) in [6.07, 6.45) is 21.1. The number of hydrogen-bond donors (Lipinski definition) is 3. The van der Waals surface area contributed by atoms with Crippen LogP contribution in [0.4, 0.5) is 0 Å². The zero-order valence-electron chi connectivity index (χ0n) is 23.2. The van der Waals surface area contributed by atoms with Crippen molar-refractivity contribution in [2.24, 2.45) is 0 Å². The maximum Gasteiger partial charge on any atom is 0.115 e. The SMILES string of the molecule is CCCCCCCCCCCCCCCCCNCCNCC(O)C[N+](CC)(CC)CC.[OH-]. The fourth-order valence-corrected chi connectivity index (χ4v) is 4.76. The van der Waals surface area contributed by atoms with E-state index >= 15 is 0 Å². The van der Waals surface area contributed by atoms with Gasteiger partial charge in [0.25, 0.3) is 0 Å². The van der Waals surface area contributed by atoms with Crippen molar-refractivity contribution in [2.45, 2.75) is 130 Å². The molecular formula is C28H63N3O2. The van der Waals surface area contributed by atoms with E-state index in [1.807, 2.05) is 0 Å². The number of nitrogens with zero attached hydrogens (tertiary/aromatic N) is 1. The first-order valence-corrected chi connectivity index (χ1v) is 14.6. The molecule has 0 aliphatic rings. The first kappa shape index (κ1) is 35.0. The molecule has 202 valence electrons. The summed E-state index contributed by atoms with van der Waals surface area (Å²) in [5.41, 5.74) is 0. The van der Waals surface area contributed by atoms with Gasteiger partial charge in [-0.15, -0.1) is 0 Å². The molecule has 33 heavy (non-hydrogen) atoms. The Morgan fingerprint density at radius 3 is 1.36 bits per heavy atom. The number of nitrogens with one attached hydrogen (secondary N) is 2. The quantitative estimate of drug-likeness (QED) is 0.105. The highest BCUT2D eigenvalue weighted by Gasteiger charge is 2.24. The van der Waals surface area contributed by atoms with E-state index in [0.717, 1.165) is 50.3 Å². The fraction of sp³-hybridized carbons (Fsp3) is 1.00. The van der Waals surface area contributed by atoms with Crippen LogP contribution in [-0.4, -0.2) is 73.5 Å². The third kappa shape index (κ3) is 22.0. The molecule has 0 aromatic rings. The highest BCUT2D eigenvalue weighted by Crippen LogP contribution is 2.13. The van der Waals surface area contributed by atoms with Gasteiger partial charge < -0.3 is 25.7 Å². The number of rotatable bonds is 26. The standard InChI is InChI=1S/C28H62N3O.H2O/c1-5-9-10-11-12-13-14-15-16-17-18-19-20-21-22-23-29-24-25-30-26-28(32)27-31(6-2,7-3)8-4;/h28-30,32H,5-27H2,1-4H3;1H2/q+1;/p-1. The molecule has 0 aliphatic heterocycles. The van der Waals surface area contributed by atoms with Gasteiger partial charge in [0, 0.05) is 19.6 Å². The molecule has 0 aromatic heterocycles. The van der Waals surface area contributed by atoms with Gasteiger partial charge in [-0.05, 0) is 33.7 Å². The first-order valence-electron chi connectivity index (χ1n) is 14.6. The smallest absolute Gasteiger partial charge is 0.115 e. The maximum atomic E-state index is 10.3. The van der Waals surface area contributed by atoms with Gasteiger partial charge in [0.05, 0.1) is 19.6 Å². The highest BCUT2D eigenvalue weighted by molar-refractivity contribution is 4.61. The molecule has 0 rings (SSSR count). The van der Waals surface area contributed by atoms with Crippen molar-refractivity contribution < 1.29 is 15.1 Å². The van der Waals surface area contributed by atoms with Gasteiger partial charge in [-0.3, -0.25) is 0 Å². The number of likely N-dealkylation sites (N-methyl/N-ethyl adjacent to an activating group) is 1. The predicted molar refractivity (Wildman–Crippen MR) is 145 cm³/mol. The largest absolute Gasteiger partial charge is 0.870 e. The summed E-state index contributed by atoms with van der Waals surface area (Å²) in [5, 5.41) is 17.3. The number of aliphatic hydroxyl groups excluding tert-OH is 1. The van der Waals surface area contributed by atoms with Gasteiger partial charge >= 0.3 is 0 Å². The molecule has 1 unspecified atom stereocenters. The second-order valence-corrected chi connectivity index (χ2v) is 10.0. The molecule has 0 saturated carbocycles. The minimum atomic E-state index is -0.245. The van der Waals surface area contributed by atoms with E-state index in [2.05, 4.69) is 38.3 Å². The average Bonchev–Trinajstić information content (AvgIpc) is 2.81. The van der Waals surface area contributed by atoms with Crippen LogP contribution in [0.2, 0.25) is 0 Å². The normalized spacial score (nSPS) is 12.6. The van der Waals surface area contributed by atoms with Crippen molar-refractivity contribution in [1.29, 1.82) is 0 Å². The summed E-state index contributed by atoms with van der Waals surface area (Å²) >= 11 is 0. The molecule has 0 fully saturated rings. The highest BCUT2D eigenvalue weighted by atomic mass is 16.3. The van der Waals surface area contributed by atoms with Crippen molar-refractivity contribution in [3.05, 3.63) is 0 Å². The van der Waals surface area contributed by atoms with Crippen LogP contribution in [0.25, 0.3) is 0 Å². The van der Waals surface area contributed by atoms with Gasteiger partial charge in [-0.2, -0.15) is 0 Å². The molecule has 4 N–H and O–H groups in total. The van der Waals surface area contributed by atoms with Crippen molar-refractivity contribution in [3.63, 3.8) is 0 Å². The Kier molecular flexibility index (Phi) is 28.0. The molecular weight excluding hydrogens is 410 g/mol. The molecule has 0 bridgehead atoms. The summed E-state index contributed by atoms with van der Waals surface area (Å²) in [5.74, 6) is 0. The third-order valence-electron chi connectivity index (χ3n) is 7.43. The lowest BCUT2D eigenvalue weighted by Crippen LogP contribution is -2.53. The van der Waals surface area contributed by atoms with Crippen molar-refractivity contribution in [1.82, 2.24) is 10.6 Å². The fourth-order valence-electron chi connectivity index (χ4n) is 4.76. The summed E-state index contributed by atoms with van der Waals surface area (Å²) in [7, 11) is 0. The van der Waals surface area contributed by atoms with Crippen LogP contribution >= 0.6 is 0 Å². The molecule has 0 heterocycles. The Morgan fingerprint density at radius 2 is 0.939 bits per heavy atom. The molecule has 0 aliphatic carbocycles. The number of hydrogen-bond acceptors (Lipinski definition) is 4. The molecule has 0 aromatic carbocycles. The zero-order chi connectivity index (χ0) is 23.8. The van der Waals surface area contributed by atoms with Crippen molar-refractivity contribution >= 4 is 0 Å². The van der Waals surface area contributed by atoms with E-state index in [-0.39, 0.29) is 11.6 Å². The van der Waals surface area contributed by atoms with E-state index in [9.17, 15) is 5.11 Å². The average molecular weight is 474 g/mol. The van der Waals surface area contributed by atoms with E-state index in [4.69, 9.17) is 0 Å². The zero-order valence-corrected chi connectivity index (χ0v) is 23.2. The molecule has 0 amide bonds. The van der Waals surface area contributed by atoms with Crippen LogP contribution in [0.5, 0.6) is 0 Å². The minimum absolute atomic E-state index is 0. The van der Waals surface area contributed by atoms with Gasteiger partial charge in [-0.1, -0.05) is 96.8 Å². The summed E-state index contributed by atoms with van der Waals surface area (Å²) in [6.45, 7) is 16.9. The van der Waals surface area contributed by atoms with Gasteiger partial charge in [0.2, 0.25) is 0 Å². The van der Waals surface area contributed by atoms with E-state index in [1.54, 1.807) is 0 Å². The maximum absolute atomic E-state index is 10.3. The van der Waals surface area contributed by atoms with Crippen molar-refractivity contribution in [2.75, 3.05) is 52.4 Å². The lowest BCUT2D eigenvalue weighted by Gasteiger charge is -2.37. The third-order valence-corrected chi connectivity index (χ3v) is 7.43. The molecule has 0 saturated heterocycles. The van der Waals surface area contributed by atoms with Gasteiger partial charge in [0.1, 0.15) is 12.6 Å². The Balaban J connectivity index is 0. The number of aliphatic hydroxyl groups is 1. The molecule has 1 atom stereocenters. The molecule has 0 radical (unpaired) electrons. The van der Waals surface area contributed by atoms with Gasteiger partial charge in [-0.25, -0.2) is 0 Å². The summed E-state index contributed by atoms with van der Waals surface area (Å²) in [4.78, 5) is 0. The Bertz CT molecular complexity index is 357. The first-order chi connectivity index (χ1) is 15.6. The second kappa shape index (κ2) is 26.4. The van der Waals surface area contributed by atoms with Crippen LogP contribution in [-0.2, 0) is 0 Å². The minimum Gasteiger partial charge on any atom is -0.870 e. The number of unbranched alkanes of at least 4 members (excludes halogenated alkanes) is 14. The van der Waals surface area contributed by atoms with E-state index in [0.29, 0.717) is 6.54 Å². The summed E-state index contributed by atoms with van der Waals surface area (Å²) in [6, 6.07) is 0. The second-order valence-electron chi connectivity index (χ2n) is 10.0. The lowest BCUT2D eigenvalue weighted by atomic mass is 10.0. The topological polar surface area (TPSA) is 74.3 Å². The van der Waals surface area contributed by atoms with E-state index < -0.39 is 0 Å². The summed E-state index contributed by atoms with van der Waals surface area (Å²) < 4.78 is 1.01. The molecule has 5 heteroatoms. The van der Waals surface area contributed by atoms with Crippen LogP contribution in [0.3, 0.4) is 0 Å². The van der Waals surface area contributed by atoms with Gasteiger partial charge in [0.15, 0.2) is 0 Å². The van der Waals surface area contributed by atoms with Crippen LogP contribution in [0.1, 0.15) is 124 Å². The Labute approximate surface area is 208 Å². The Morgan fingerprint density at radius 1 is 0.545 bits per heavy atom. The van der Waals surface area contributed by atoms with E-state index in [1.165, 1.54) is 96.3 Å².